The predicted molar refractivity (Wildman–Crippen MR) is 90.7 cm³/mol. The lowest BCUT2D eigenvalue weighted by atomic mass is 10.1. The van der Waals surface area contributed by atoms with Crippen molar-refractivity contribution < 1.29 is 19.5 Å². The summed E-state index contributed by atoms with van der Waals surface area (Å²) in [5.41, 5.74) is 5.71. The van der Waals surface area contributed by atoms with E-state index in [2.05, 4.69) is 5.32 Å². The van der Waals surface area contributed by atoms with Crippen molar-refractivity contribution in [2.75, 3.05) is 19.5 Å². The normalized spacial score (nSPS) is 11.3. The third kappa shape index (κ3) is 8.03. The second-order valence-electron chi connectivity index (χ2n) is 4.85. The van der Waals surface area contributed by atoms with Gasteiger partial charge in [0, 0.05) is 12.7 Å². The standard InChI is InChI=1S/C9H10Cl2N2O2.C5H11NO2/c1-13(15-2)9(14)12-6-3-4-7(10)8(11)5-6;1-3(2)4(6)5(7)8/h3-5H,1-2H3,(H,12,14);3-4H,6H2,1-2H3,(H,7,8)/t;4-/m.0/s1. The molecule has 0 saturated carbocycles. The summed E-state index contributed by atoms with van der Waals surface area (Å²) in [5.74, 6) is -0.910. The quantitative estimate of drug-likeness (QED) is 0.711. The zero-order valence-corrected chi connectivity index (χ0v) is 14.9. The molecule has 0 saturated heterocycles. The van der Waals surface area contributed by atoms with Crippen LogP contribution in [0.1, 0.15) is 13.8 Å². The maximum Gasteiger partial charge on any atom is 0.345 e. The maximum atomic E-state index is 11.4. The highest BCUT2D eigenvalue weighted by Crippen LogP contribution is 2.25. The monoisotopic (exact) mass is 365 g/mol. The van der Waals surface area contributed by atoms with Gasteiger partial charge in [0.1, 0.15) is 6.04 Å². The molecule has 9 heteroatoms. The first-order valence-electron chi connectivity index (χ1n) is 6.62. The first-order valence-corrected chi connectivity index (χ1v) is 7.38. The summed E-state index contributed by atoms with van der Waals surface area (Å²) < 4.78 is 0. The van der Waals surface area contributed by atoms with E-state index in [1.165, 1.54) is 14.2 Å². The van der Waals surface area contributed by atoms with Gasteiger partial charge in [0.25, 0.3) is 0 Å². The Kier molecular flexibility index (Phi) is 9.59. The first kappa shape index (κ1) is 21.5. The van der Waals surface area contributed by atoms with E-state index in [0.29, 0.717) is 15.7 Å². The molecule has 130 valence electrons. The van der Waals surface area contributed by atoms with Crippen LogP contribution in [0.15, 0.2) is 18.2 Å². The van der Waals surface area contributed by atoms with E-state index in [1.54, 1.807) is 32.0 Å². The summed E-state index contributed by atoms with van der Waals surface area (Å²) in [6.07, 6.45) is 0. The smallest absolute Gasteiger partial charge is 0.345 e. The molecular weight excluding hydrogens is 345 g/mol. The Morgan fingerprint density at radius 2 is 1.87 bits per heavy atom. The van der Waals surface area contributed by atoms with Crippen LogP contribution in [0.3, 0.4) is 0 Å². The second kappa shape index (κ2) is 10.3. The third-order valence-electron chi connectivity index (χ3n) is 2.73. The van der Waals surface area contributed by atoms with Crippen molar-refractivity contribution in [1.29, 1.82) is 0 Å². The molecule has 0 unspecified atom stereocenters. The van der Waals surface area contributed by atoms with E-state index < -0.39 is 18.0 Å². The van der Waals surface area contributed by atoms with Crippen molar-refractivity contribution in [3.63, 3.8) is 0 Å². The van der Waals surface area contributed by atoms with Gasteiger partial charge in [-0.3, -0.25) is 9.63 Å². The van der Waals surface area contributed by atoms with E-state index in [4.69, 9.17) is 38.9 Å². The van der Waals surface area contributed by atoms with Crippen molar-refractivity contribution in [1.82, 2.24) is 5.06 Å². The molecule has 1 aromatic carbocycles. The molecule has 1 aromatic rings. The molecule has 0 heterocycles. The highest BCUT2D eigenvalue weighted by Gasteiger charge is 2.14. The van der Waals surface area contributed by atoms with Crippen LogP contribution in [-0.4, -0.2) is 42.4 Å². The van der Waals surface area contributed by atoms with Crippen LogP contribution in [-0.2, 0) is 9.63 Å². The fourth-order valence-electron chi connectivity index (χ4n) is 1.14. The molecule has 0 radical (unpaired) electrons. The number of rotatable bonds is 4. The lowest BCUT2D eigenvalue weighted by Gasteiger charge is -2.14. The van der Waals surface area contributed by atoms with Crippen LogP contribution in [0.4, 0.5) is 10.5 Å². The molecule has 0 bridgehead atoms. The van der Waals surface area contributed by atoms with Crippen molar-refractivity contribution in [3.8, 4) is 0 Å². The Balaban J connectivity index is 0.000000515. The number of anilines is 1. The van der Waals surface area contributed by atoms with Gasteiger partial charge in [0.15, 0.2) is 0 Å². The minimum Gasteiger partial charge on any atom is -0.480 e. The van der Waals surface area contributed by atoms with Crippen LogP contribution in [0, 0.1) is 5.92 Å². The van der Waals surface area contributed by atoms with Gasteiger partial charge in [0.2, 0.25) is 0 Å². The van der Waals surface area contributed by atoms with Gasteiger partial charge in [-0.2, -0.15) is 0 Å². The maximum absolute atomic E-state index is 11.4. The number of carbonyl (C=O) groups is 2. The molecule has 0 aliphatic heterocycles. The molecular formula is C14H21Cl2N3O4. The van der Waals surface area contributed by atoms with Crippen molar-refractivity contribution in [2.24, 2.45) is 11.7 Å². The Labute approximate surface area is 145 Å². The van der Waals surface area contributed by atoms with E-state index >= 15 is 0 Å². The summed E-state index contributed by atoms with van der Waals surface area (Å²) in [4.78, 5) is 26.1. The lowest BCUT2D eigenvalue weighted by molar-refractivity contribution is -0.139. The molecule has 0 spiro atoms. The van der Waals surface area contributed by atoms with Crippen LogP contribution < -0.4 is 11.1 Å². The van der Waals surface area contributed by atoms with Crippen molar-refractivity contribution in [3.05, 3.63) is 28.2 Å². The number of hydrogen-bond donors (Lipinski definition) is 3. The minimum absolute atomic E-state index is 0.0208. The molecule has 0 aliphatic rings. The number of carboxylic acid groups (broad SMARTS) is 1. The number of nitrogens with zero attached hydrogens (tertiary/aromatic N) is 1. The van der Waals surface area contributed by atoms with E-state index in [0.717, 1.165) is 5.06 Å². The molecule has 0 aromatic heterocycles. The Morgan fingerprint density at radius 3 is 2.22 bits per heavy atom. The number of urea groups is 1. The number of carboxylic acids is 1. The number of halogens is 2. The molecule has 7 nitrogen and oxygen atoms in total. The number of hydrogen-bond acceptors (Lipinski definition) is 4. The van der Waals surface area contributed by atoms with E-state index in [-0.39, 0.29) is 5.92 Å². The molecule has 2 amide bonds. The van der Waals surface area contributed by atoms with Crippen LogP contribution >= 0.6 is 23.2 Å². The molecule has 1 atom stereocenters. The first-order chi connectivity index (χ1) is 10.6. The van der Waals surface area contributed by atoms with Gasteiger partial charge in [-0.1, -0.05) is 37.0 Å². The molecule has 0 aliphatic carbocycles. The molecule has 4 N–H and O–H groups in total. The molecule has 1 rings (SSSR count). The Bertz CT molecular complexity index is 541. The second-order valence-corrected chi connectivity index (χ2v) is 5.66. The number of carbonyl (C=O) groups excluding carboxylic acids is 1. The van der Waals surface area contributed by atoms with Crippen molar-refractivity contribution >= 4 is 40.9 Å². The van der Waals surface area contributed by atoms with Crippen LogP contribution in [0.25, 0.3) is 0 Å². The van der Waals surface area contributed by atoms with Gasteiger partial charge < -0.3 is 16.2 Å². The predicted octanol–water partition coefficient (Wildman–Crippen LogP) is 3.07. The van der Waals surface area contributed by atoms with Gasteiger partial charge in [-0.05, 0) is 24.1 Å². The summed E-state index contributed by atoms with van der Waals surface area (Å²) in [7, 11) is 2.89. The third-order valence-corrected chi connectivity index (χ3v) is 3.47. The summed E-state index contributed by atoms with van der Waals surface area (Å²) in [5, 5.41) is 12.7. The molecule has 0 fully saturated rings. The number of amides is 2. The number of nitrogens with one attached hydrogen (secondary N) is 1. The van der Waals surface area contributed by atoms with Crippen molar-refractivity contribution in [2.45, 2.75) is 19.9 Å². The van der Waals surface area contributed by atoms with Gasteiger partial charge in [-0.15, -0.1) is 0 Å². The number of aliphatic carboxylic acids is 1. The van der Waals surface area contributed by atoms with Crippen LogP contribution in [0.2, 0.25) is 10.0 Å². The van der Waals surface area contributed by atoms with Crippen LogP contribution in [0.5, 0.6) is 0 Å². The highest BCUT2D eigenvalue weighted by atomic mass is 35.5. The number of nitrogens with two attached hydrogens (primary N) is 1. The fourth-order valence-corrected chi connectivity index (χ4v) is 1.44. The summed E-state index contributed by atoms with van der Waals surface area (Å²) in [6.45, 7) is 3.55. The SMILES string of the molecule is CC(C)[C@H](N)C(=O)O.CON(C)C(=O)Nc1ccc(Cl)c(Cl)c1. The average Bonchev–Trinajstić information content (AvgIpc) is 2.49. The highest BCUT2D eigenvalue weighted by molar-refractivity contribution is 6.42. The summed E-state index contributed by atoms with van der Waals surface area (Å²) >= 11 is 11.5. The van der Waals surface area contributed by atoms with Gasteiger partial charge in [-0.25, -0.2) is 9.86 Å². The Morgan fingerprint density at radius 1 is 1.30 bits per heavy atom. The minimum atomic E-state index is -0.931. The van der Waals surface area contributed by atoms with Gasteiger partial charge in [0.05, 0.1) is 17.2 Å². The van der Waals surface area contributed by atoms with E-state index in [1.807, 2.05) is 0 Å². The lowest BCUT2D eigenvalue weighted by Crippen LogP contribution is -2.34. The zero-order valence-electron chi connectivity index (χ0n) is 13.3. The van der Waals surface area contributed by atoms with E-state index in [9.17, 15) is 9.59 Å². The topological polar surface area (TPSA) is 105 Å². The zero-order chi connectivity index (χ0) is 18.2. The number of benzene rings is 1. The number of hydroxylamine groups is 2. The average molecular weight is 366 g/mol. The fraction of sp³-hybridized carbons (Fsp3) is 0.429. The Hall–Kier alpha value is -1.54. The molecule has 23 heavy (non-hydrogen) atoms. The summed E-state index contributed by atoms with van der Waals surface area (Å²) in [6, 6.07) is 3.71. The van der Waals surface area contributed by atoms with Gasteiger partial charge >= 0.3 is 12.0 Å². The largest absolute Gasteiger partial charge is 0.480 e.